The number of amides is 1. The molecule has 0 radical (unpaired) electrons. The van der Waals surface area contributed by atoms with E-state index in [1.165, 1.54) is 36.1 Å². The zero-order valence-corrected chi connectivity index (χ0v) is 19.0. The van der Waals surface area contributed by atoms with Gasteiger partial charge < -0.3 is 5.32 Å². The van der Waals surface area contributed by atoms with Gasteiger partial charge in [0.2, 0.25) is 10.0 Å². The average Bonchev–Trinajstić information content (AvgIpc) is 3.50. The van der Waals surface area contributed by atoms with E-state index in [9.17, 15) is 13.2 Å². The highest BCUT2D eigenvalue weighted by Crippen LogP contribution is 2.31. The van der Waals surface area contributed by atoms with Crippen molar-refractivity contribution in [1.82, 2.24) is 10.0 Å². The van der Waals surface area contributed by atoms with E-state index in [0.29, 0.717) is 0 Å². The fraction of sp³-hybridized carbons (Fsp3) is 0.409. The SMILES string of the molecule is CC(NC(=O)c1cc(S(=O)(=O)NC2CC2)c(Cl)cc1Cl)c1ccc2c(c1)CCCC2. The molecule has 0 aliphatic heterocycles. The number of carbonyl (C=O) groups excluding carboxylic acids is 1. The number of rotatable bonds is 6. The summed E-state index contributed by atoms with van der Waals surface area (Å²) in [5.74, 6) is -0.440. The highest BCUT2D eigenvalue weighted by molar-refractivity contribution is 7.89. The molecule has 0 bridgehead atoms. The number of carbonyl (C=O) groups is 1. The van der Waals surface area contributed by atoms with Gasteiger partial charge >= 0.3 is 0 Å². The molecule has 30 heavy (non-hydrogen) atoms. The molecule has 2 aliphatic rings. The average molecular weight is 467 g/mol. The maximum absolute atomic E-state index is 12.9. The van der Waals surface area contributed by atoms with Crippen LogP contribution >= 0.6 is 23.2 Å². The van der Waals surface area contributed by atoms with Crippen LogP contribution in [0.1, 0.15) is 65.7 Å². The van der Waals surface area contributed by atoms with Crippen molar-refractivity contribution in [2.45, 2.75) is 62.4 Å². The Morgan fingerprint density at radius 3 is 2.43 bits per heavy atom. The van der Waals surface area contributed by atoms with Crippen LogP contribution in [0.25, 0.3) is 0 Å². The molecule has 2 aliphatic carbocycles. The van der Waals surface area contributed by atoms with E-state index in [1.54, 1.807) is 0 Å². The molecule has 8 heteroatoms. The molecule has 1 unspecified atom stereocenters. The van der Waals surface area contributed by atoms with Gasteiger partial charge in [0.25, 0.3) is 5.91 Å². The molecule has 0 saturated heterocycles. The highest BCUT2D eigenvalue weighted by Gasteiger charge is 2.30. The number of fused-ring (bicyclic) bond motifs is 1. The first-order valence-corrected chi connectivity index (χ1v) is 12.4. The first-order valence-electron chi connectivity index (χ1n) is 10.2. The normalized spacial score (nSPS) is 17.3. The summed E-state index contributed by atoms with van der Waals surface area (Å²) >= 11 is 12.4. The third-order valence-electron chi connectivity index (χ3n) is 5.68. The minimum atomic E-state index is -3.81. The Morgan fingerprint density at radius 1 is 1.03 bits per heavy atom. The maximum atomic E-state index is 12.9. The molecule has 2 aromatic carbocycles. The number of hydrogen-bond acceptors (Lipinski definition) is 3. The van der Waals surface area contributed by atoms with Crippen molar-refractivity contribution < 1.29 is 13.2 Å². The van der Waals surface area contributed by atoms with Crippen LogP contribution in [0.15, 0.2) is 35.2 Å². The van der Waals surface area contributed by atoms with Crippen LogP contribution in [0.3, 0.4) is 0 Å². The maximum Gasteiger partial charge on any atom is 0.253 e. The van der Waals surface area contributed by atoms with E-state index in [2.05, 4.69) is 22.2 Å². The van der Waals surface area contributed by atoms with Gasteiger partial charge in [0.05, 0.1) is 21.7 Å². The van der Waals surface area contributed by atoms with E-state index >= 15 is 0 Å². The Morgan fingerprint density at radius 2 is 1.73 bits per heavy atom. The largest absolute Gasteiger partial charge is 0.345 e. The van der Waals surface area contributed by atoms with Crippen LogP contribution in [0, 0.1) is 0 Å². The minimum Gasteiger partial charge on any atom is -0.345 e. The lowest BCUT2D eigenvalue weighted by Crippen LogP contribution is -2.29. The number of hydrogen-bond donors (Lipinski definition) is 2. The molecular weight excluding hydrogens is 443 g/mol. The summed E-state index contributed by atoms with van der Waals surface area (Å²) in [5.41, 5.74) is 3.81. The monoisotopic (exact) mass is 466 g/mol. The van der Waals surface area contributed by atoms with Crippen LogP contribution in [-0.4, -0.2) is 20.4 Å². The molecule has 160 valence electrons. The molecule has 1 amide bonds. The molecule has 1 saturated carbocycles. The number of sulfonamides is 1. The molecule has 0 aromatic heterocycles. The predicted octanol–water partition coefficient (Wildman–Crippen LogP) is 4.80. The predicted molar refractivity (Wildman–Crippen MR) is 119 cm³/mol. The molecule has 4 rings (SSSR count). The van der Waals surface area contributed by atoms with Gasteiger partial charge in [-0.25, -0.2) is 13.1 Å². The van der Waals surface area contributed by atoms with Crippen molar-refractivity contribution in [3.05, 3.63) is 62.6 Å². The summed E-state index contributed by atoms with van der Waals surface area (Å²) < 4.78 is 27.8. The number of halogens is 2. The van der Waals surface area contributed by atoms with E-state index < -0.39 is 15.9 Å². The number of nitrogens with one attached hydrogen (secondary N) is 2. The van der Waals surface area contributed by atoms with Crippen molar-refractivity contribution in [3.63, 3.8) is 0 Å². The fourth-order valence-electron chi connectivity index (χ4n) is 3.77. The van der Waals surface area contributed by atoms with Crippen molar-refractivity contribution in [1.29, 1.82) is 0 Å². The zero-order valence-electron chi connectivity index (χ0n) is 16.7. The summed E-state index contributed by atoms with van der Waals surface area (Å²) in [7, 11) is -3.81. The van der Waals surface area contributed by atoms with Crippen molar-refractivity contribution in [2.24, 2.45) is 0 Å². The Bertz CT molecular complexity index is 1100. The summed E-state index contributed by atoms with van der Waals surface area (Å²) in [6.07, 6.45) is 6.16. The van der Waals surface area contributed by atoms with E-state index in [1.807, 2.05) is 13.0 Å². The number of aryl methyl sites for hydroxylation is 2. The van der Waals surface area contributed by atoms with Crippen LogP contribution < -0.4 is 10.0 Å². The van der Waals surface area contributed by atoms with Gasteiger partial charge in [0.15, 0.2) is 0 Å². The van der Waals surface area contributed by atoms with E-state index in [4.69, 9.17) is 23.2 Å². The topological polar surface area (TPSA) is 75.3 Å². The van der Waals surface area contributed by atoms with E-state index in [-0.39, 0.29) is 32.6 Å². The minimum absolute atomic E-state index is 0.00700. The second-order valence-electron chi connectivity index (χ2n) is 8.09. The second kappa shape index (κ2) is 8.50. The smallest absolute Gasteiger partial charge is 0.253 e. The van der Waals surface area contributed by atoms with Gasteiger partial charge in [-0.1, -0.05) is 41.4 Å². The zero-order chi connectivity index (χ0) is 21.5. The van der Waals surface area contributed by atoms with Crippen LogP contribution in [-0.2, 0) is 22.9 Å². The summed E-state index contributed by atoms with van der Waals surface area (Å²) in [5, 5.41) is 3.03. The lowest BCUT2D eigenvalue weighted by molar-refractivity contribution is 0.0940. The van der Waals surface area contributed by atoms with Gasteiger partial charge in [0, 0.05) is 6.04 Å². The Kier molecular flexibility index (Phi) is 6.13. The van der Waals surface area contributed by atoms with E-state index in [0.717, 1.165) is 31.2 Å². The third-order valence-corrected chi connectivity index (χ3v) is 7.97. The van der Waals surface area contributed by atoms with Gasteiger partial charge in [-0.15, -0.1) is 0 Å². The third kappa shape index (κ3) is 4.67. The first kappa shape index (κ1) is 21.6. The van der Waals surface area contributed by atoms with Gasteiger partial charge in [-0.05, 0) is 74.3 Å². The standard InChI is InChI=1S/C22H24Cl2N2O3S/c1-13(15-7-6-14-4-2-3-5-16(14)10-15)25-22(27)18-11-21(20(24)12-19(18)23)30(28,29)26-17-8-9-17/h6-7,10-13,17,26H,2-5,8-9H2,1H3,(H,25,27). The summed E-state index contributed by atoms with van der Waals surface area (Å²) in [4.78, 5) is 12.8. The molecule has 2 N–H and O–H groups in total. The van der Waals surface area contributed by atoms with Crippen LogP contribution in [0.2, 0.25) is 10.0 Å². The molecule has 1 atom stereocenters. The molecule has 0 spiro atoms. The van der Waals surface area contributed by atoms with Crippen molar-refractivity contribution in [2.75, 3.05) is 0 Å². The molecular formula is C22H24Cl2N2O3S. The quantitative estimate of drug-likeness (QED) is 0.641. The van der Waals surface area contributed by atoms with Gasteiger partial charge in [-0.2, -0.15) is 0 Å². The van der Waals surface area contributed by atoms with Gasteiger partial charge in [0.1, 0.15) is 4.90 Å². The Balaban J connectivity index is 1.56. The number of benzene rings is 2. The van der Waals surface area contributed by atoms with Crippen molar-refractivity contribution in [3.8, 4) is 0 Å². The summed E-state index contributed by atoms with van der Waals surface area (Å²) in [6.45, 7) is 1.90. The first-order chi connectivity index (χ1) is 14.2. The van der Waals surface area contributed by atoms with Crippen LogP contribution in [0.4, 0.5) is 0 Å². The Labute approximate surface area is 187 Å². The van der Waals surface area contributed by atoms with Gasteiger partial charge in [-0.3, -0.25) is 4.79 Å². The second-order valence-corrected chi connectivity index (χ2v) is 10.6. The fourth-order valence-corrected chi connectivity index (χ4v) is 5.94. The molecule has 0 heterocycles. The summed E-state index contributed by atoms with van der Waals surface area (Å²) in [6, 6.07) is 8.57. The van der Waals surface area contributed by atoms with Crippen LogP contribution in [0.5, 0.6) is 0 Å². The lowest BCUT2D eigenvalue weighted by atomic mass is 9.89. The molecule has 1 fully saturated rings. The van der Waals surface area contributed by atoms with Crippen molar-refractivity contribution >= 4 is 39.1 Å². The Hall–Kier alpha value is -1.60. The highest BCUT2D eigenvalue weighted by atomic mass is 35.5. The lowest BCUT2D eigenvalue weighted by Gasteiger charge is -2.20. The molecule has 2 aromatic rings. The molecule has 5 nitrogen and oxygen atoms in total.